The molecule has 0 aliphatic rings. The van der Waals surface area contributed by atoms with Crippen molar-refractivity contribution < 1.29 is 0 Å². The molecule has 0 aliphatic heterocycles. The number of nitrogens with zero attached hydrogens (tertiary/aromatic N) is 2. The molecule has 0 aromatic carbocycles. The lowest BCUT2D eigenvalue weighted by molar-refractivity contribution is 0.315. The summed E-state index contributed by atoms with van der Waals surface area (Å²) >= 11 is 11.5. The Labute approximate surface area is 143 Å². The molecular weight excluding hydrogens is 370 g/mol. The van der Waals surface area contributed by atoms with Crippen LogP contribution in [0.15, 0.2) is 27.4 Å². The Kier molecular flexibility index (Phi) is 6.48. The maximum absolute atomic E-state index is 6.26. The van der Waals surface area contributed by atoms with E-state index < -0.39 is 0 Å². The molecule has 0 aliphatic carbocycles. The number of pyridine rings is 1. The van der Waals surface area contributed by atoms with Gasteiger partial charge in [-0.05, 0) is 58.5 Å². The molecule has 2 heterocycles. The van der Waals surface area contributed by atoms with Crippen molar-refractivity contribution in [3.05, 3.63) is 43.6 Å². The van der Waals surface area contributed by atoms with Gasteiger partial charge in [-0.2, -0.15) is 0 Å². The van der Waals surface area contributed by atoms with Crippen LogP contribution >= 0.6 is 38.9 Å². The fourth-order valence-electron chi connectivity index (χ4n) is 2.00. The molecular formula is C15H19BrClN3S. The Balaban J connectivity index is 2.00. The first-order valence-electron chi connectivity index (χ1n) is 6.89. The van der Waals surface area contributed by atoms with Crippen molar-refractivity contribution in [1.82, 2.24) is 9.88 Å². The molecule has 114 valence electrons. The van der Waals surface area contributed by atoms with Crippen LogP contribution < -0.4 is 5.32 Å². The minimum atomic E-state index is 0.718. The second-order valence-electron chi connectivity index (χ2n) is 4.98. The molecule has 0 amide bonds. The molecule has 0 saturated carbocycles. The molecule has 0 atom stereocenters. The fraction of sp³-hybridized carbons (Fsp3) is 0.400. The van der Waals surface area contributed by atoms with Crippen LogP contribution in [-0.2, 0) is 13.1 Å². The van der Waals surface area contributed by atoms with Crippen molar-refractivity contribution in [3.8, 4) is 0 Å². The van der Waals surface area contributed by atoms with Crippen LogP contribution in [0.1, 0.15) is 24.6 Å². The average Bonchev–Trinajstić information content (AvgIpc) is 2.84. The van der Waals surface area contributed by atoms with Gasteiger partial charge >= 0.3 is 0 Å². The summed E-state index contributed by atoms with van der Waals surface area (Å²) in [5.41, 5.74) is 2.21. The van der Waals surface area contributed by atoms with Gasteiger partial charge in [0.2, 0.25) is 0 Å². The van der Waals surface area contributed by atoms with Gasteiger partial charge in [-0.3, -0.25) is 4.90 Å². The van der Waals surface area contributed by atoms with E-state index in [0.29, 0.717) is 0 Å². The van der Waals surface area contributed by atoms with Crippen molar-refractivity contribution >= 4 is 44.7 Å². The lowest BCUT2D eigenvalue weighted by Crippen LogP contribution is -2.18. The van der Waals surface area contributed by atoms with Gasteiger partial charge < -0.3 is 5.32 Å². The van der Waals surface area contributed by atoms with E-state index in [2.05, 4.69) is 56.5 Å². The first kappa shape index (κ1) is 16.7. The van der Waals surface area contributed by atoms with Crippen LogP contribution in [-0.4, -0.2) is 23.5 Å². The minimum Gasteiger partial charge on any atom is -0.370 e. The van der Waals surface area contributed by atoms with Gasteiger partial charge in [-0.1, -0.05) is 18.5 Å². The van der Waals surface area contributed by atoms with Gasteiger partial charge in [0.15, 0.2) is 0 Å². The third-order valence-corrected chi connectivity index (χ3v) is 4.87. The number of aromatic nitrogens is 1. The molecule has 1 N–H and O–H groups in total. The standard InChI is InChI=1S/C15H19BrClN3S/c1-3-6-18-15-5-4-12(17)13(19-15)9-20(2)8-11-7-14(16)21-10-11/h4-5,7,10H,3,6,8-9H2,1-2H3,(H,18,19). The lowest BCUT2D eigenvalue weighted by atomic mass is 10.3. The molecule has 2 aromatic heterocycles. The first-order valence-corrected chi connectivity index (χ1v) is 8.94. The van der Waals surface area contributed by atoms with Crippen LogP contribution in [0.5, 0.6) is 0 Å². The van der Waals surface area contributed by atoms with Crippen LogP contribution in [0.3, 0.4) is 0 Å². The molecule has 0 fully saturated rings. The van der Waals surface area contributed by atoms with Crippen LogP contribution in [0.25, 0.3) is 0 Å². The number of nitrogens with one attached hydrogen (secondary N) is 1. The molecule has 0 spiro atoms. The first-order chi connectivity index (χ1) is 10.1. The number of anilines is 1. The highest BCUT2D eigenvalue weighted by Crippen LogP contribution is 2.23. The van der Waals surface area contributed by atoms with E-state index in [-0.39, 0.29) is 0 Å². The summed E-state index contributed by atoms with van der Waals surface area (Å²) in [6, 6.07) is 5.99. The molecule has 2 aromatic rings. The predicted octanol–water partition coefficient (Wildman–Crippen LogP) is 5.01. The third kappa shape index (κ3) is 5.25. The van der Waals surface area contributed by atoms with Gasteiger partial charge in [0.1, 0.15) is 5.82 Å². The predicted molar refractivity (Wildman–Crippen MR) is 95.2 cm³/mol. The summed E-state index contributed by atoms with van der Waals surface area (Å²) in [6.07, 6.45) is 1.08. The number of halogens is 2. The molecule has 0 radical (unpaired) electrons. The summed E-state index contributed by atoms with van der Waals surface area (Å²) in [6.45, 7) is 4.67. The number of rotatable bonds is 7. The normalized spacial score (nSPS) is 11.1. The molecule has 0 bridgehead atoms. The zero-order valence-electron chi connectivity index (χ0n) is 12.2. The highest BCUT2D eigenvalue weighted by Gasteiger charge is 2.09. The molecule has 3 nitrogen and oxygen atoms in total. The Bertz CT molecular complexity index is 588. The zero-order valence-corrected chi connectivity index (χ0v) is 15.4. The van der Waals surface area contributed by atoms with Crippen molar-refractivity contribution in [2.75, 3.05) is 18.9 Å². The maximum Gasteiger partial charge on any atom is 0.126 e. The fourth-order valence-corrected chi connectivity index (χ4v) is 3.36. The topological polar surface area (TPSA) is 28.2 Å². The van der Waals surface area contributed by atoms with Gasteiger partial charge in [0.25, 0.3) is 0 Å². The van der Waals surface area contributed by atoms with E-state index in [4.69, 9.17) is 11.6 Å². The van der Waals surface area contributed by atoms with E-state index in [0.717, 1.165) is 46.4 Å². The Morgan fingerprint density at radius 3 is 2.86 bits per heavy atom. The summed E-state index contributed by atoms with van der Waals surface area (Å²) < 4.78 is 1.16. The Morgan fingerprint density at radius 2 is 2.19 bits per heavy atom. The van der Waals surface area contributed by atoms with Crippen molar-refractivity contribution in [2.45, 2.75) is 26.4 Å². The van der Waals surface area contributed by atoms with E-state index >= 15 is 0 Å². The number of hydrogen-bond acceptors (Lipinski definition) is 4. The molecule has 0 saturated heterocycles. The summed E-state index contributed by atoms with van der Waals surface area (Å²) in [5.74, 6) is 0.892. The van der Waals surface area contributed by atoms with Gasteiger partial charge in [-0.15, -0.1) is 11.3 Å². The second-order valence-corrected chi connectivity index (χ2v) is 7.68. The van der Waals surface area contributed by atoms with E-state index in [1.165, 1.54) is 5.56 Å². The zero-order chi connectivity index (χ0) is 15.2. The third-order valence-electron chi connectivity index (χ3n) is 2.97. The number of hydrogen-bond donors (Lipinski definition) is 1. The van der Waals surface area contributed by atoms with E-state index in [1.807, 2.05) is 12.1 Å². The van der Waals surface area contributed by atoms with Gasteiger partial charge in [0, 0.05) is 19.6 Å². The Morgan fingerprint density at radius 1 is 1.38 bits per heavy atom. The van der Waals surface area contributed by atoms with Crippen LogP contribution in [0.2, 0.25) is 5.02 Å². The largest absolute Gasteiger partial charge is 0.370 e. The SMILES string of the molecule is CCCNc1ccc(Cl)c(CN(C)Cc2csc(Br)c2)n1. The van der Waals surface area contributed by atoms with Gasteiger partial charge in [0.05, 0.1) is 14.5 Å². The van der Waals surface area contributed by atoms with Crippen molar-refractivity contribution in [1.29, 1.82) is 0 Å². The summed E-state index contributed by atoms with van der Waals surface area (Å²) in [5, 5.41) is 6.17. The van der Waals surface area contributed by atoms with Crippen LogP contribution in [0.4, 0.5) is 5.82 Å². The quantitative estimate of drug-likeness (QED) is 0.722. The van der Waals surface area contributed by atoms with Crippen molar-refractivity contribution in [3.63, 3.8) is 0 Å². The Hall–Kier alpha value is -0.620. The number of thiophene rings is 1. The molecule has 0 unspecified atom stereocenters. The van der Waals surface area contributed by atoms with Crippen LogP contribution in [0, 0.1) is 0 Å². The molecule has 2 rings (SSSR count). The molecule has 6 heteroatoms. The monoisotopic (exact) mass is 387 g/mol. The highest BCUT2D eigenvalue weighted by molar-refractivity contribution is 9.11. The maximum atomic E-state index is 6.26. The second kappa shape index (κ2) is 8.13. The highest BCUT2D eigenvalue weighted by atomic mass is 79.9. The van der Waals surface area contributed by atoms with Gasteiger partial charge in [-0.25, -0.2) is 4.98 Å². The summed E-state index contributed by atoms with van der Waals surface area (Å²) in [4.78, 5) is 6.82. The van der Waals surface area contributed by atoms with Crippen molar-refractivity contribution in [2.24, 2.45) is 0 Å². The lowest BCUT2D eigenvalue weighted by Gasteiger charge is -2.17. The minimum absolute atomic E-state index is 0.718. The average molecular weight is 389 g/mol. The van der Waals surface area contributed by atoms with E-state index in [1.54, 1.807) is 11.3 Å². The summed E-state index contributed by atoms with van der Waals surface area (Å²) in [7, 11) is 2.08. The van der Waals surface area contributed by atoms with E-state index in [9.17, 15) is 0 Å². The smallest absolute Gasteiger partial charge is 0.126 e. The molecule has 21 heavy (non-hydrogen) atoms.